The van der Waals surface area contributed by atoms with E-state index in [9.17, 15) is 9.59 Å². The zero-order valence-electron chi connectivity index (χ0n) is 8.09. The van der Waals surface area contributed by atoms with Crippen molar-refractivity contribution in [3.8, 4) is 0 Å². The largest absolute Gasteiger partial charge is 0.481 e. The van der Waals surface area contributed by atoms with Crippen LogP contribution in [0.3, 0.4) is 0 Å². The van der Waals surface area contributed by atoms with E-state index < -0.39 is 5.97 Å². The van der Waals surface area contributed by atoms with Crippen molar-refractivity contribution in [2.75, 3.05) is 6.54 Å². The first-order valence-electron chi connectivity index (χ1n) is 4.49. The van der Waals surface area contributed by atoms with Crippen molar-refractivity contribution in [2.24, 2.45) is 0 Å². The minimum absolute atomic E-state index is 0.0591. The van der Waals surface area contributed by atoms with Gasteiger partial charge in [-0.3, -0.25) is 9.59 Å². The van der Waals surface area contributed by atoms with Crippen molar-refractivity contribution in [3.05, 3.63) is 12.7 Å². The van der Waals surface area contributed by atoms with Crippen molar-refractivity contribution in [2.45, 2.75) is 19.4 Å². The van der Waals surface area contributed by atoms with Gasteiger partial charge in [-0.15, -0.1) is 0 Å². The van der Waals surface area contributed by atoms with Crippen molar-refractivity contribution in [3.63, 3.8) is 0 Å². The lowest BCUT2D eigenvalue weighted by molar-refractivity contribution is -0.137. The maximum absolute atomic E-state index is 11.2. The number of aliphatic carboxylic acids is 1. The first-order valence-corrected chi connectivity index (χ1v) is 4.49. The average molecular weight is 212 g/mol. The van der Waals surface area contributed by atoms with Crippen LogP contribution in [0, 0.1) is 0 Å². The van der Waals surface area contributed by atoms with Gasteiger partial charge in [-0.1, -0.05) is 0 Å². The number of carbonyl (C=O) groups excluding carboxylic acids is 1. The Morgan fingerprint density at radius 1 is 1.47 bits per heavy atom. The summed E-state index contributed by atoms with van der Waals surface area (Å²) in [7, 11) is 0. The molecule has 0 fully saturated rings. The molecule has 7 heteroatoms. The highest BCUT2D eigenvalue weighted by Crippen LogP contribution is 1.86. The quantitative estimate of drug-likeness (QED) is 0.605. The van der Waals surface area contributed by atoms with E-state index in [1.165, 1.54) is 17.3 Å². The minimum atomic E-state index is -0.861. The summed E-state index contributed by atoms with van der Waals surface area (Å²) in [6.07, 6.45) is 3.27. The highest BCUT2D eigenvalue weighted by atomic mass is 16.4. The predicted octanol–water partition coefficient (Wildman–Crippen LogP) is -0.741. The fourth-order valence-electron chi connectivity index (χ4n) is 0.985. The Hall–Kier alpha value is -1.92. The molecular formula is C8H12N4O3. The Labute approximate surface area is 86.1 Å². The number of carboxylic acid groups (broad SMARTS) is 1. The van der Waals surface area contributed by atoms with Crippen LogP contribution in [-0.2, 0) is 16.1 Å². The number of carboxylic acids is 1. The lowest BCUT2D eigenvalue weighted by Crippen LogP contribution is -2.28. The molecule has 1 aromatic rings. The third-order valence-corrected chi connectivity index (χ3v) is 1.66. The van der Waals surface area contributed by atoms with E-state index in [-0.39, 0.29) is 18.9 Å². The fraction of sp³-hybridized carbons (Fsp3) is 0.500. The molecule has 0 unspecified atom stereocenters. The summed E-state index contributed by atoms with van der Waals surface area (Å²) in [5, 5.41) is 14.7. The number of hydrogen-bond acceptors (Lipinski definition) is 4. The Kier molecular flexibility index (Phi) is 4.27. The standard InChI is InChI=1S/C8H12N4O3/c13-7(4-12-6-9-5-11-12)10-3-1-2-8(14)15/h5-6H,1-4H2,(H,10,13)(H,14,15). The van der Waals surface area contributed by atoms with E-state index in [4.69, 9.17) is 5.11 Å². The summed E-state index contributed by atoms with van der Waals surface area (Å²) in [5.41, 5.74) is 0. The molecule has 0 aromatic carbocycles. The number of rotatable bonds is 6. The summed E-state index contributed by atoms with van der Waals surface area (Å²) < 4.78 is 1.40. The Morgan fingerprint density at radius 2 is 2.27 bits per heavy atom. The second kappa shape index (κ2) is 5.74. The molecule has 0 aliphatic carbocycles. The van der Waals surface area contributed by atoms with E-state index in [1.807, 2.05) is 0 Å². The van der Waals surface area contributed by atoms with Crippen LogP contribution in [0.25, 0.3) is 0 Å². The average Bonchev–Trinajstić information content (AvgIpc) is 2.64. The molecule has 2 N–H and O–H groups in total. The predicted molar refractivity (Wildman–Crippen MR) is 49.9 cm³/mol. The second-order valence-electron chi connectivity index (χ2n) is 2.94. The van der Waals surface area contributed by atoms with Crippen LogP contribution in [0.2, 0.25) is 0 Å². The van der Waals surface area contributed by atoms with Gasteiger partial charge in [0, 0.05) is 13.0 Å². The van der Waals surface area contributed by atoms with Gasteiger partial charge < -0.3 is 10.4 Å². The molecule has 7 nitrogen and oxygen atoms in total. The third-order valence-electron chi connectivity index (χ3n) is 1.66. The van der Waals surface area contributed by atoms with Gasteiger partial charge in [0.05, 0.1) is 0 Å². The smallest absolute Gasteiger partial charge is 0.303 e. The first-order chi connectivity index (χ1) is 7.18. The van der Waals surface area contributed by atoms with Gasteiger partial charge in [0.15, 0.2) is 0 Å². The van der Waals surface area contributed by atoms with Crippen molar-refractivity contribution >= 4 is 11.9 Å². The normalized spacial score (nSPS) is 9.87. The molecule has 0 spiro atoms. The Bertz CT molecular complexity index is 323. The molecular weight excluding hydrogens is 200 g/mol. The topological polar surface area (TPSA) is 97.1 Å². The molecule has 1 rings (SSSR count). The summed E-state index contributed by atoms with van der Waals surface area (Å²) in [4.78, 5) is 25.1. The number of amides is 1. The van der Waals surface area contributed by atoms with Gasteiger partial charge in [0.25, 0.3) is 0 Å². The fourth-order valence-corrected chi connectivity index (χ4v) is 0.985. The van der Waals surface area contributed by atoms with Crippen LogP contribution in [-0.4, -0.2) is 38.3 Å². The zero-order chi connectivity index (χ0) is 11.1. The van der Waals surface area contributed by atoms with E-state index in [0.29, 0.717) is 13.0 Å². The molecule has 15 heavy (non-hydrogen) atoms. The van der Waals surface area contributed by atoms with Crippen LogP contribution in [0.5, 0.6) is 0 Å². The maximum Gasteiger partial charge on any atom is 0.303 e. The number of nitrogens with one attached hydrogen (secondary N) is 1. The molecule has 1 aromatic heterocycles. The molecule has 0 atom stereocenters. The number of carbonyl (C=O) groups is 2. The zero-order valence-corrected chi connectivity index (χ0v) is 8.09. The minimum Gasteiger partial charge on any atom is -0.481 e. The van der Waals surface area contributed by atoms with Crippen molar-refractivity contribution in [1.29, 1.82) is 0 Å². The second-order valence-corrected chi connectivity index (χ2v) is 2.94. The van der Waals surface area contributed by atoms with E-state index in [1.54, 1.807) is 0 Å². The van der Waals surface area contributed by atoms with Gasteiger partial charge in [-0.2, -0.15) is 5.10 Å². The van der Waals surface area contributed by atoms with Gasteiger partial charge in [0.1, 0.15) is 19.2 Å². The summed E-state index contributed by atoms with van der Waals surface area (Å²) in [6.45, 7) is 0.465. The Morgan fingerprint density at radius 3 is 2.87 bits per heavy atom. The van der Waals surface area contributed by atoms with Crippen LogP contribution < -0.4 is 5.32 Å². The summed E-state index contributed by atoms with van der Waals surface area (Å²) in [6, 6.07) is 0. The molecule has 0 aliphatic rings. The van der Waals surface area contributed by atoms with Gasteiger partial charge in [-0.05, 0) is 6.42 Å². The monoisotopic (exact) mass is 212 g/mol. The van der Waals surface area contributed by atoms with E-state index in [0.717, 1.165) is 0 Å². The molecule has 0 saturated carbocycles. The van der Waals surface area contributed by atoms with Crippen molar-refractivity contribution in [1.82, 2.24) is 20.1 Å². The SMILES string of the molecule is O=C(O)CCCNC(=O)Cn1cncn1. The van der Waals surface area contributed by atoms with Gasteiger partial charge in [-0.25, -0.2) is 9.67 Å². The van der Waals surface area contributed by atoms with Gasteiger partial charge >= 0.3 is 5.97 Å². The number of nitrogens with zero attached hydrogens (tertiary/aromatic N) is 3. The van der Waals surface area contributed by atoms with Crippen molar-refractivity contribution < 1.29 is 14.7 Å². The lowest BCUT2D eigenvalue weighted by atomic mass is 10.3. The highest BCUT2D eigenvalue weighted by Gasteiger charge is 2.02. The van der Waals surface area contributed by atoms with E-state index >= 15 is 0 Å². The van der Waals surface area contributed by atoms with Crippen LogP contribution in [0.4, 0.5) is 0 Å². The summed E-state index contributed by atoms with van der Waals surface area (Å²) in [5.74, 6) is -1.06. The molecule has 1 heterocycles. The lowest BCUT2D eigenvalue weighted by Gasteiger charge is -2.03. The number of hydrogen-bond donors (Lipinski definition) is 2. The van der Waals surface area contributed by atoms with Gasteiger partial charge in [0.2, 0.25) is 5.91 Å². The highest BCUT2D eigenvalue weighted by molar-refractivity contribution is 5.75. The molecule has 0 bridgehead atoms. The molecule has 1 amide bonds. The molecule has 0 radical (unpaired) electrons. The molecule has 0 aliphatic heterocycles. The molecule has 0 saturated heterocycles. The van der Waals surface area contributed by atoms with Crippen LogP contribution in [0.1, 0.15) is 12.8 Å². The Balaban J connectivity index is 2.11. The number of aromatic nitrogens is 3. The molecule has 82 valence electrons. The third kappa shape index (κ3) is 4.75. The van der Waals surface area contributed by atoms with Crippen LogP contribution >= 0.6 is 0 Å². The van der Waals surface area contributed by atoms with Crippen LogP contribution in [0.15, 0.2) is 12.7 Å². The first kappa shape index (κ1) is 11.2. The summed E-state index contributed by atoms with van der Waals surface area (Å²) >= 11 is 0. The van der Waals surface area contributed by atoms with E-state index in [2.05, 4.69) is 15.4 Å². The maximum atomic E-state index is 11.2.